The maximum absolute atomic E-state index is 5.76. The fourth-order valence-corrected chi connectivity index (χ4v) is 1.67. The van der Waals surface area contributed by atoms with Crippen molar-refractivity contribution < 1.29 is 0 Å². The molecule has 1 aromatic carbocycles. The molecular weight excluding hydrogens is 212 g/mol. The van der Waals surface area contributed by atoms with E-state index in [0.717, 1.165) is 22.9 Å². The summed E-state index contributed by atoms with van der Waals surface area (Å²) in [6, 6.07) is 9.86. The Labute approximate surface area is 101 Å². The van der Waals surface area contributed by atoms with Gasteiger partial charge in [0.25, 0.3) is 0 Å². The van der Waals surface area contributed by atoms with E-state index < -0.39 is 0 Å². The zero-order valence-electron chi connectivity index (χ0n) is 10.0. The fourth-order valence-electron chi connectivity index (χ4n) is 1.67. The predicted octanol–water partition coefficient (Wildman–Crippen LogP) is 2.54. The molecule has 0 saturated heterocycles. The number of benzene rings is 1. The van der Waals surface area contributed by atoms with Gasteiger partial charge < -0.3 is 11.1 Å². The molecule has 0 fully saturated rings. The summed E-state index contributed by atoms with van der Waals surface area (Å²) in [5.41, 5.74) is 7.67. The monoisotopic (exact) mass is 228 g/mol. The topological polar surface area (TPSA) is 63.8 Å². The van der Waals surface area contributed by atoms with Crippen molar-refractivity contribution in [2.75, 3.05) is 11.1 Å². The quantitative estimate of drug-likeness (QED) is 0.792. The molecule has 4 heteroatoms. The Morgan fingerprint density at radius 3 is 2.82 bits per heavy atom. The third-order valence-corrected chi connectivity index (χ3v) is 2.55. The van der Waals surface area contributed by atoms with E-state index in [1.165, 1.54) is 0 Å². The summed E-state index contributed by atoms with van der Waals surface area (Å²) in [6.07, 6.45) is 1.75. The zero-order chi connectivity index (χ0) is 12.3. The van der Waals surface area contributed by atoms with E-state index >= 15 is 0 Å². The van der Waals surface area contributed by atoms with E-state index in [0.29, 0.717) is 0 Å². The number of rotatable bonds is 3. The van der Waals surface area contributed by atoms with Gasteiger partial charge in [-0.05, 0) is 37.6 Å². The van der Waals surface area contributed by atoms with Crippen LogP contribution in [0.3, 0.4) is 0 Å². The average Bonchev–Trinajstić information content (AvgIpc) is 2.29. The number of hydrogen-bond acceptors (Lipinski definition) is 4. The largest absolute Gasteiger partial charge is 0.399 e. The summed E-state index contributed by atoms with van der Waals surface area (Å²) in [6.45, 7) is 3.95. The molecule has 17 heavy (non-hydrogen) atoms. The van der Waals surface area contributed by atoms with Crippen LogP contribution in [0.4, 0.5) is 11.5 Å². The highest BCUT2D eigenvalue weighted by atomic mass is 15.0. The van der Waals surface area contributed by atoms with Crippen LogP contribution in [0.1, 0.15) is 24.4 Å². The second-order valence-electron chi connectivity index (χ2n) is 4.03. The van der Waals surface area contributed by atoms with Crippen LogP contribution in [0.5, 0.6) is 0 Å². The molecule has 0 radical (unpaired) electrons. The minimum atomic E-state index is 0.160. The molecule has 88 valence electrons. The van der Waals surface area contributed by atoms with Crippen LogP contribution in [0, 0.1) is 6.92 Å². The maximum Gasteiger partial charge on any atom is 0.130 e. The summed E-state index contributed by atoms with van der Waals surface area (Å²) < 4.78 is 0. The van der Waals surface area contributed by atoms with E-state index in [2.05, 4.69) is 22.2 Å². The van der Waals surface area contributed by atoms with Gasteiger partial charge in [-0.2, -0.15) is 0 Å². The molecule has 0 aliphatic carbocycles. The van der Waals surface area contributed by atoms with Crippen LogP contribution in [0.2, 0.25) is 0 Å². The first-order valence-electron chi connectivity index (χ1n) is 5.57. The van der Waals surface area contributed by atoms with Crippen molar-refractivity contribution >= 4 is 11.5 Å². The van der Waals surface area contributed by atoms with Gasteiger partial charge in [0.1, 0.15) is 11.6 Å². The Balaban J connectivity index is 2.14. The first kappa shape index (κ1) is 11.4. The van der Waals surface area contributed by atoms with Crippen molar-refractivity contribution in [3.8, 4) is 0 Å². The maximum atomic E-state index is 5.76. The Bertz CT molecular complexity index is 510. The smallest absolute Gasteiger partial charge is 0.130 e. The standard InChI is InChI=1S/C13H16N4/c1-9(11-4-3-5-12(14)8-11)16-13-6-7-15-10(2)17-13/h3-9H,14H2,1-2H3,(H,15,16,17). The number of anilines is 2. The van der Waals surface area contributed by atoms with Crippen molar-refractivity contribution in [2.24, 2.45) is 0 Å². The summed E-state index contributed by atoms with van der Waals surface area (Å²) in [5.74, 6) is 1.59. The van der Waals surface area contributed by atoms with E-state index in [4.69, 9.17) is 5.73 Å². The lowest BCUT2D eigenvalue weighted by molar-refractivity contribution is 0.867. The summed E-state index contributed by atoms with van der Waals surface area (Å²) in [7, 11) is 0. The summed E-state index contributed by atoms with van der Waals surface area (Å²) in [4.78, 5) is 8.37. The zero-order valence-corrected chi connectivity index (χ0v) is 10.0. The van der Waals surface area contributed by atoms with Gasteiger partial charge in [-0.25, -0.2) is 9.97 Å². The van der Waals surface area contributed by atoms with Gasteiger partial charge in [-0.3, -0.25) is 0 Å². The van der Waals surface area contributed by atoms with E-state index in [1.54, 1.807) is 6.20 Å². The number of hydrogen-bond donors (Lipinski definition) is 2. The molecule has 0 bridgehead atoms. The van der Waals surface area contributed by atoms with Crippen LogP contribution in [-0.2, 0) is 0 Å². The van der Waals surface area contributed by atoms with Crippen molar-refractivity contribution in [3.05, 3.63) is 47.9 Å². The lowest BCUT2D eigenvalue weighted by Crippen LogP contribution is -2.08. The van der Waals surface area contributed by atoms with Crippen LogP contribution in [-0.4, -0.2) is 9.97 Å². The number of aromatic nitrogens is 2. The normalized spacial score (nSPS) is 12.1. The van der Waals surface area contributed by atoms with Gasteiger partial charge in [0, 0.05) is 11.9 Å². The number of nitrogens with one attached hydrogen (secondary N) is 1. The summed E-state index contributed by atoms with van der Waals surface area (Å²) in [5, 5.41) is 3.32. The lowest BCUT2D eigenvalue weighted by atomic mass is 10.1. The number of nitrogens with two attached hydrogens (primary N) is 1. The minimum Gasteiger partial charge on any atom is -0.399 e. The third kappa shape index (κ3) is 2.93. The molecule has 1 aromatic heterocycles. The molecule has 0 aliphatic rings. The van der Waals surface area contributed by atoms with Gasteiger partial charge in [-0.1, -0.05) is 12.1 Å². The van der Waals surface area contributed by atoms with Crippen LogP contribution in [0.25, 0.3) is 0 Å². The van der Waals surface area contributed by atoms with Crippen molar-refractivity contribution in [2.45, 2.75) is 19.9 Å². The van der Waals surface area contributed by atoms with Gasteiger partial charge in [0.05, 0.1) is 6.04 Å². The molecule has 1 atom stereocenters. The highest BCUT2D eigenvalue weighted by molar-refractivity contribution is 5.44. The van der Waals surface area contributed by atoms with Gasteiger partial charge in [0.15, 0.2) is 0 Å². The molecular formula is C13H16N4. The Morgan fingerprint density at radius 2 is 2.12 bits per heavy atom. The molecule has 1 heterocycles. The average molecular weight is 228 g/mol. The molecule has 2 aromatic rings. The molecule has 0 amide bonds. The molecule has 3 N–H and O–H groups in total. The van der Waals surface area contributed by atoms with Crippen molar-refractivity contribution in [1.82, 2.24) is 9.97 Å². The van der Waals surface area contributed by atoms with E-state index in [9.17, 15) is 0 Å². The van der Waals surface area contributed by atoms with E-state index in [1.807, 2.05) is 37.3 Å². The molecule has 1 unspecified atom stereocenters. The van der Waals surface area contributed by atoms with Gasteiger partial charge in [-0.15, -0.1) is 0 Å². The second kappa shape index (κ2) is 4.82. The Kier molecular flexibility index (Phi) is 3.23. The first-order chi connectivity index (χ1) is 8.15. The van der Waals surface area contributed by atoms with Crippen LogP contribution < -0.4 is 11.1 Å². The summed E-state index contributed by atoms with van der Waals surface area (Å²) >= 11 is 0. The lowest BCUT2D eigenvalue weighted by Gasteiger charge is -2.15. The van der Waals surface area contributed by atoms with Crippen LogP contribution >= 0.6 is 0 Å². The fraction of sp³-hybridized carbons (Fsp3) is 0.231. The molecule has 0 aliphatic heterocycles. The van der Waals surface area contributed by atoms with Crippen molar-refractivity contribution in [1.29, 1.82) is 0 Å². The number of nitrogens with zero attached hydrogens (tertiary/aromatic N) is 2. The molecule has 4 nitrogen and oxygen atoms in total. The Morgan fingerprint density at radius 1 is 1.29 bits per heavy atom. The molecule has 2 rings (SSSR count). The molecule has 0 saturated carbocycles. The van der Waals surface area contributed by atoms with Crippen LogP contribution in [0.15, 0.2) is 36.5 Å². The van der Waals surface area contributed by atoms with Gasteiger partial charge >= 0.3 is 0 Å². The minimum absolute atomic E-state index is 0.160. The van der Waals surface area contributed by atoms with Gasteiger partial charge in [0.2, 0.25) is 0 Å². The number of nitrogen functional groups attached to an aromatic ring is 1. The second-order valence-corrected chi connectivity index (χ2v) is 4.03. The predicted molar refractivity (Wildman–Crippen MR) is 69.7 cm³/mol. The van der Waals surface area contributed by atoms with Crippen molar-refractivity contribution in [3.63, 3.8) is 0 Å². The third-order valence-electron chi connectivity index (χ3n) is 2.55. The first-order valence-corrected chi connectivity index (χ1v) is 5.57. The Hall–Kier alpha value is -2.10. The number of aryl methyl sites for hydroxylation is 1. The highest BCUT2D eigenvalue weighted by Crippen LogP contribution is 2.19. The molecule has 0 spiro atoms. The SMILES string of the molecule is Cc1nccc(NC(C)c2cccc(N)c2)n1. The van der Waals surface area contributed by atoms with E-state index in [-0.39, 0.29) is 6.04 Å². The highest BCUT2D eigenvalue weighted by Gasteiger charge is 2.06.